The highest BCUT2D eigenvalue weighted by molar-refractivity contribution is 6.05. The summed E-state index contributed by atoms with van der Waals surface area (Å²) in [6.07, 6.45) is 1.55. The second kappa shape index (κ2) is 8.04. The molecule has 2 aromatic heterocycles. The number of hydrogen-bond acceptors (Lipinski definition) is 4. The Bertz CT molecular complexity index is 1220. The number of nitrogens with zero attached hydrogens (tertiary/aromatic N) is 3. The van der Waals surface area contributed by atoms with Gasteiger partial charge in [-0.25, -0.2) is 14.3 Å². The van der Waals surface area contributed by atoms with Crippen molar-refractivity contribution in [2.24, 2.45) is 0 Å². The zero-order chi connectivity index (χ0) is 21.1. The van der Waals surface area contributed by atoms with E-state index in [9.17, 15) is 9.59 Å². The van der Waals surface area contributed by atoms with E-state index in [-0.39, 0.29) is 11.9 Å². The molecule has 0 aliphatic heterocycles. The summed E-state index contributed by atoms with van der Waals surface area (Å²) in [5.41, 5.74) is 4.59. The largest absolute Gasteiger partial charge is 0.323 e. The Morgan fingerprint density at radius 2 is 1.43 bits per heavy atom. The quantitative estimate of drug-likeness (QED) is 0.477. The first-order valence-corrected chi connectivity index (χ1v) is 9.36. The van der Waals surface area contributed by atoms with E-state index in [0.717, 1.165) is 5.69 Å². The monoisotopic (exact) mass is 400 g/mol. The number of aromatic nitrogens is 3. The number of para-hydroxylation sites is 1. The number of urea groups is 1. The number of carbonyl (C=O) groups excluding carboxylic acids is 2. The SMILES string of the molecule is Cc1cc2ncc(C(=O)Nc3ccc(NC(=O)Nc4ccccc4)cc3)c(C)n2n1. The fourth-order valence-corrected chi connectivity index (χ4v) is 3.04. The number of fused-ring (bicyclic) bond motifs is 1. The van der Waals surface area contributed by atoms with E-state index in [2.05, 4.69) is 26.0 Å². The molecule has 3 N–H and O–H groups in total. The Morgan fingerprint density at radius 3 is 2.10 bits per heavy atom. The topological polar surface area (TPSA) is 100 Å². The first kappa shape index (κ1) is 19.1. The predicted molar refractivity (Wildman–Crippen MR) is 116 cm³/mol. The van der Waals surface area contributed by atoms with Crippen molar-refractivity contribution in [2.75, 3.05) is 16.0 Å². The zero-order valence-corrected chi connectivity index (χ0v) is 16.5. The molecule has 150 valence electrons. The Kier molecular flexibility index (Phi) is 5.13. The average Bonchev–Trinajstić information content (AvgIpc) is 3.12. The Hall–Kier alpha value is -4.20. The van der Waals surface area contributed by atoms with E-state index in [4.69, 9.17) is 0 Å². The zero-order valence-electron chi connectivity index (χ0n) is 16.5. The van der Waals surface area contributed by atoms with Crippen LogP contribution in [0, 0.1) is 13.8 Å². The molecule has 8 nitrogen and oxygen atoms in total. The number of benzene rings is 2. The van der Waals surface area contributed by atoms with Crippen LogP contribution in [-0.4, -0.2) is 26.5 Å². The van der Waals surface area contributed by atoms with Crippen LogP contribution < -0.4 is 16.0 Å². The van der Waals surface area contributed by atoms with Gasteiger partial charge in [-0.3, -0.25) is 4.79 Å². The van der Waals surface area contributed by atoms with Crippen molar-refractivity contribution < 1.29 is 9.59 Å². The van der Waals surface area contributed by atoms with Gasteiger partial charge >= 0.3 is 6.03 Å². The minimum atomic E-state index is -0.345. The molecule has 0 unspecified atom stereocenters. The number of aryl methyl sites for hydroxylation is 2. The van der Waals surface area contributed by atoms with Gasteiger partial charge in [0.25, 0.3) is 5.91 Å². The van der Waals surface area contributed by atoms with Crippen LogP contribution in [0.4, 0.5) is 21.9 Å². The lowest BCUT2D eigenvalue weighted by atomic mass is 10.2. The van der Waals surface area contributed by atoms with Crippen molar-refractivity contribution in [3.05, 3.63) is 83.8 Å². The molecule has 0 bridgehead atoms. The second-order valence-corrected chi connectivity index (χ2v) is 6.79. The molecule has 3 amide bonds. The predicted octanol–water partition coefficient (Wildman–Crippen LogP) is 4.24. The van der Waals surface area contributed by atoms with Crippen molar-refractivity contribution in [3.63, 3.8) is 0 Å². The average molecular weight is 400 g/mol. The molecule has 0 fully saturated rings. The third-order valence-electron chi connectivity index (χ3n) is 4.52. The van der Waals surface area contributed by atoms with Gasteiger partial charge in [0.15, 0.2) is 5.65 Å². The number of anilines is 3. The molecule has 0 aliphatic rings. The molecule has 0 saturated heterocycles. The van der Waals surface area contributed by atoms with E-state index >= 15 is 0 Å². The summed E-state index contributed by atoms with van der Waals surface area (Å²) in [6, 6.07) is 17.5. The summed E-state index contributed by atoms with van der Waals surface area (Å²) < 4.78 is 1.66. The fourth-order valence-electron chi connectivity index (χ4n) is 3.04. The van der Waals surface area contributed by atoms with Gasteiger partial charge in [0.1, 0.15) is 0 Å². The summed E-state index contributed by atoms with van der Waals surface area (Å²) in [5.74, 6) is -0.280. The number of amides is 3. The molecule has 30 heavy (non-hydrogen) atoms. The van der Waals surface area contributed by atoms with Gasteiger partial charge in [-0.15, -0.1) is 0 Å². The number of carbonyl (C=O) groups is 2. The van der Waals surface area contributed by atoms with Crippen LogP contribution in [0.3, 0.4) is 0 Å². The Balaban J connectivity index is 1.41. The van der Waals surface area contributed by atoms with Crippen LogP contribution in [-0.2, 0) is 0 Å². The summed E-state index contributed by atoms with van der Waals surface area (Å²) in [4.78, 5) is 29.0. The van der Waals surface area contributed by atoms with Crippen molar-refractivity contribution in [2.45, 2.75) is 13.8 Å². The minimum Gasteiger partial charge on any atom is -0.322 e. The molecule has 8 heteroatoms. The molecule has 0 atom stereocenters. The molecule has 2 heterocycles. The van der Waals surface area contributed by atoms with Gasteiger partial charge < -0.3 is 16.0 Å². The first-order valence-electron chi connectivity index (χ1n) is 9.36. The molecule has 0 spiro atoms. The molecular weight excluding hydrogens is 380 g/mol. The van der Waals surface area contributed by atoms with Crippen molar-refractivity contribution >= 4 is 34.6 Å². The fraction of sp³-hybridized carbons (Fsp3) is 0.0909. The van der Waals surface area contributed by atoms with Gasteiger partial charge in [0.2, 0.25) is 0 Å². The standard InChI is InChI=1S/C22H20N6O2/c1-14-12-20-23-13-19(15(2)28(20)27-14)21(29)24-17-8-10-18(11-9-17)26-22(30)25-16-6-4-3-5-7-16/h3-13H,1-2H3,(H,24,29)(H2,25,26,30). The van der Waals surface area contributed by atoms with Gasteiger partial charge in [-0.1, -0.05) is 18.2 Å². The summed E-state index contributed by atoms with van der Waals surface area (Å²) in [7, 11) is 0. The summed E-state index contributed by atoms with van der Waals surface area (Å²) in [5, 5.41) is 12.7. The van der Waals surface area contributed by atoms with E-state index in [1.165, 1.54) is 0 Å². The van der Waals surface area contributed by atoms with Crippen LogP contribution in [0.15, 0.2) is 66.9 Å². The smallest absolute Gasteiger partial charge is 0.322 e. The van der Waals surface area contributed by atoms with Gasteiger partial charge in [0.05, 0.1) is 17.0 Å². The van der Waals surface area contributed by atoms with Crippen LogP contribution in [0.5, 0.6) is 0 Å². The molecule has 2 aromatic carbocycles. The lowest BCUT2D eigenvalue weighted by molar-refractivity contribution is 0.102. The van der Waals surface area contributed by atoms with Gasteiger partial charge in [-0.2, -0.15) is 5.10 Å². The maximum Gasteiger partial charge on any atom is 0.323 e. The third-order valence-corrected chi connectivity index (χ3v) is 4.52. The Labute approximate surface area is 173 Å². The Morgan fingerprint density at radius 1 is 0.833 bits per heavy atom. The number of nitrogens with one attached hydrogen (secondary N) is 3. The van der Waals surface area contributed by atoms with Crippen LogP contribution >= 0.6 is 0 Å². The molecule has 0 aliphatic carbocycles. The molecule has 0 saturated carbocycles. The maximum atomic E-state index is 12.7. The van der Waals surface area contributed by atoms with E-state index < -0.39 is 0 Å². The number of rotatable bonds is 4. The lowest BCUT2D eigenvalue weighted by Gasteiger charge is -2.10. The van der Waals surface area contributed by atoms with E-state index in [1.807, 2.05) is 38.1 Å². The number of hydrogen-bond donors (Lipinski definition) is 3. The van der Waals surface area contributed by atoms with E-state index in [1.54, 1.807) is 47.1 Å². The van der Waals surface area contributed by atoms with Gasteiger partial charge in [0, 0.05) is 29.3 Å². The molecule has 4 rings (SSSR count). The summed E-state index contributed by atoms with van der Waals surface area (Å²) in [6.45, 7) is 3.71. The highest BCUT2D eigenvalue weighted by atomic mass is 16.2. The highest BCUT2D eigenvalue weighted by Crippen LogP contribution is 2.17. The van der Waals surface area contributed by atoms with Crippen LogP contribution in [0.1, 0.15) is 21.7 Å². The molecular formula is C22H20N6O2. The molecule has 4 aromatic rings. The third kappa shape index (κ3) is 4.12. The lowest BCUT2D eigenvalue weighted by Crippen LogP contribution is -2.19. The molecule has 0 radical (unpaired) electrons. The van der Waals surface area contributed by atoms with Crippen LogP contribution in [0.25, 0.3) is 5.65 Å². The second-order valence-electron chi connectivity index (χ2n) is 6.79. The van der Waals surface area contributed by atoms with Gasteiger partial charge in [-0.05, 0) is 50.2 Å². The summed E-state index contributed by atoms with van der Waals surface area (Å²) >= 11 is 0. The van der Waals surface area contributed by atoms with E-state index in [0.29, 0.717) is 34.0 Å². The maximum absolute atomic E-state index is 12.7. The first-order chi connectivity index (χ1) is 14.5. The minimum absolute atomic E-state index is 0.280. The highest BCUT2D eigenvalue weighted by Gasteiger charge is 2.14. The van der Waals surface area contributed by atoms with Crippen molar-refractivity contribution in [1.29, 1.82) is 0 Å². The van der Waals surface area contributed by atoms with Crippen molar-refractivity contribution in [3.8, 4) is 0 Å². The van der Waals surface area contributed by atoms with Crippen molar-refractivity contribution in [1.82, 2.24) is 14.6 Å². The van der Waals surface area contributed by atoms with Crippen LogP contribution in [0.2, 0.25) is 0 Å². The normalized spacial score (nSPS) is 10.6.